The van der Waals surface area contributed by atoms with Crippen LogP contribution in [-0.2, 0) is 20.8 Å². The maximum atomic E-state index is 14.4. The molecule has 4 atom stereocenters. The Morgan fingerprint density at radius 1 is 0.694 bits per heavy atom. The van der Waals surface area contributed by atoms with Gasteiger partial charge in [0, 0.05) is 12.8 Å². The molecule has 2 fully saturated rings. The van der Waals surface area contributed by atoms with Gasteiger partial charge in [-0.1, -0.05) is 60.7 Å². The lowest BCUT2D eigenvalue weighted by atomic mass is 10.1. The molecule has 4 rings (SSSR count). The zero-order valence-electron chi connectivity index (χ0n) is 21.7. The van der Waals surface area contributed by atoms with Crippen LogP contribution >= 0.6 is 0 Å². The highest BCUT2D eigenvalue weighted by molar-refractivity contribution is 5.69. The summed E-state index contributed by atoms with van der Waals surface area (Å²) in [6.07, 6.45) is -0.530. The van der Waals surface area contributed by atoms with Crippen LogP contribution in [0.4, 0.5) is 18.4 Å². The lowest BCUT2D eigenvalue weighted by Crippen LogP contribution is -2.35. The average Bonchev–Trinajstić information content (AvgIpc) is 3.62. The fourth-order valence-electron chi connectivity index (χ4n) is 3.78. The third-order valence-electron chi connectivity index (χ3n) is 5.68. The van der Waals surface area contributed by atoms with E-state index < -0.39 is 46.8 Å². The number of carbonyl (C=O) groups excluding carboxylic acids is 2. The van der Waals surface area contributed by atoms with Gasteiger partial charge in [0.2, 0.25) is 0 Å². The van der Waals surface area contributed by atoms with E-state index in [4.69, 9.17) is 9.47 Å². The van der Waals surface area contributed by atoms with Gasteiger partial charge in [-0.05, 0) is 52.7 Å². The molecule has 4 unspecified atom stereocenters. The summed E-state index contributed by atoms with van der Waals surface area (Å²) < 4.78 is 39.0. The van der Waals surface area contributed by atoms with Crippen LogP contribution in [0, 0.1) is 0 Å². The number of rotatable bonds is 4. The molecule has 2 N–H and O–H groups in total. The molecule has 196 valence electrons. The fourth-order valence-corrected chi connectivity index (χ4v) is 3.78. The molecule has 0 aromatic heterocycles. The Balaban J connectivity index is 0.000000201. The van der Waals surface area contributed by atoms with E-state index in [1.807, 2.05) is 12.1 Å². The molecule has 36 heavy (non-hydrogen) atoms. The third kappa shape index (κ3) is 7.42. The second-order valence-electron chi connectivity index (χ2n) is 11.3. The fraction of sp³-hybridized carbons (Fsp3) is 0.500. The Labute approximate surface area is 211 Å². The van der Waals surface area contributed by atoms with E-state index in [0.717, 1.165) is 0 Å². The summed E-state index contributed by atoms with van der Waals surface area (Å²) in [6.45, 7) is 10.7. The molecular formula is C28H36F2N2O4. The number of carbonyl (C=O) groups is 2. The zero-order valence-corrected chi connectivity index (χ0v) is 21.7. The van der Waals surface area contributed by atoms with E-state index >= 15 is 0 Å². The lowest BCUT2D eigenvalue weighted by Gasteiger charge is -2.20. The molecule has 0 spiro atoms. The van der Waals surface area contributed by atoms with Crippen LogP contribution in [0.15, 0.2) is 60.7 Å². The van der Waals surface area contributed by atoms with Crippen LogP contribution in [0.2, 0.25) is 0 Å². The van der Waals surface area contributed by atoms with E-state index in [0.29, 0.717) is 24.0 Å². The summed E-state index contributed by atoms with van der Waals surface area (Å²) in [6, 6.07) is 16.8. The molecule has 2 aromatic rings. The van der Waals surface area contributed by atoms with Crippen molar-refractivity contribution < 1.29 is 27.8 Å². The quantitative estimate of drug-likeness (QED) is 0.515. The van der Waals surface area contributed by atoms with E-state index in [1.165, 1.54) is 0 Å². The smallest absolute Gasteiger partial charge is 0.407 e. The molecule has 2 amide bonds. The van der Waals surface area contributed by atoms with Crippen LogP contribution in [-0.4, -0.2) is 35.5 Å². The molecule has 8 heteroatoms. The molecule has 0 radical (unpaired) electrons. The number of hydrogen-bond acceptors (Lipinski definition) is 4. The van der Waals surface area contributed by atoms with Crippen molar-refractivity contribution in [2.75, 3.05) is 0 Å². The van der Waals surface area contributed by atoms with Crippen molar-refractivity contribution in [2.24, 2.45) is 0 Å². The highest BCUT2D eigenvalue weighted by atomic mass is 19.1. The number of amides is 2. The summed E-state index contributed by atoms with van der Waals surface area (Å²) in [4.78, 5) is 23.1. The maximum Gasteiger partial charge on any atom is 0.407 e. The van der Waals surface area contributed by atoms with E-state index in [9.17, 15) is 18.4 Å². The molecule has 0 saturated heterocycles. The molecule has 2 aliphatic carbocycles. The van der Waals surface area contributed by atoms with E-state index in [-0.39, 0.29) is 0 Å². The van der Waals surface area contributed by atoms with Gasteiger partial charge in [0.15, 0.2) is 11.3 Å². The molecule has 0 bridgehead atoms. The largest absolute Gasteiger partial charge is 0.444 e. The molecule has 0 heterocycles. The minimum atomic E-state index is -1.45. The summed E-state index contributed by atoms with van der Waals surface area (Å²) in [7, 11) is 0. The lowest BCUT2D eigenvalue weighted by molar-refractivity contribution is 0.0500. The molecule has 2 aromatic carbocycles. The number of hydrogen-bond donors (Lipinski definition) is 2. The Morgan fingerprint density at radius 2 is 1.00 bits per heavy atom. The molecule has 6 nitrogen and oxygen atoms in total. The SMILES string of the molecule is CC(C)(C)OC(=O)NC1CC1(F)c1ccccc1.CC(C)(C)OC(=O)NC1CC1(F)c1ccccc1. The Hall–Kier alpha value is -3.16. The molecular weight excluding hydrogens is 466 g/mol. The van der Waals surface area contributed by atoms with E-state index in [1.54, 1.807) is 90.1 Å². The monoisotopic (exact) mass is 502 g/mol. The first kappa shape index (κ1) is 27.4. The van der Waals surface area contributed by atoms with Crippen molar-refractivity contribution in [2.45, 2.75) is 89.0 Å². The molecule has 0 aliphatic heterocycles. The predicted octanol–water partition coefficient (Wildman–Crippen LogP) is 6.30. The van der Waals surface area contributed by atoms with Gasteiger partial charge in [0.1, 0.15) is 11.2 Å². The Kier molecular flexibility index (Phi) is 7.67. The topological polar surface area (TPSA) is 76.7 Å². The zero-order chi connectivity index (χ0) is 26.8. The summed E-state index contributed by atoms with van der Waals surface area (Å²) in [5, 5.41) is 5.13. The van der Waals surface area contributed by atoms with Gasteiger partial charge in [-0.25, -0.2) is 18.4 Å². The molecule has 2 aliphatic rings. The number of ether oxygens (including phenoxy) is 2. The minimum absolute atomic E-state index is 0.302. The number of nitrogens with one attached hydrogen (secondary N) is 2. The first-order valence-corrected chi connectivity index (χ1v) is 12.1. The Bertz CT molecular complexity index is 967. The third-order valence-corrected chi connectivity index (χ3v) is 5.68. The van der Waals surface area contributed by atoms with Gasteiger partial charge < -0.3 is 20.1 Å². The second-order valence-corrected chi connectivity index (χ2v) is 11.3. The Morgan fingerprint density at radius 3 is 1.28 bits per heavy atom. The van der Waals surface area contributed by atoms with Crippen molar-refractivity contribution in [1.82, 2.24) is 10.6 Å². The van der Waals surface area contributed by atoms with Gasteiger partial charge in [-0.15, -0.1) is 0 Å². The summed E-state index contributed by atoms with van der Waals surface area (Å²) in [5.41, 5.74) is -2.82. The first-order valence-electron chi connectivity index (χ1n) is 12.1. The number of alkyl carbamates (subject to hydrolysis) is 2. The molecule has 2 saturated carbocycles. The van der Waals surface area contributed by atoms with Gasteiger partial charge in [0.25, 0.3) is 0 Å². The van der Waals surface area contributed by atoms with Crippen LogP contribution in [0.3, 0.4) is 0 Å². The van der Waals surface area contributed by atoms with Crippen molar-refractivity contribution in [3.63, 3.8) is 0 Å². The van der Waals surface area contributed by atoms with Gasteiger partial charge in [0.05, 0.1) is 12.1 Å². The highest BCUT2D eigenvalue weighted by Crippen LogP contribution is 2.50. The second kappa shape index (κ2) is 10.1. The summed E-state index contributed by atoms with van der Waals surface area (Å²) >= 11 is 0. The highest BCUT2D eigenvalue weighted by Gasteiger charge is 2.58. The van der Waals surface area contributed by atoms with Gasteiger partial charge in [-0.3, -0.25) is 0 Å². The van der Waals surface area contributed by atoms with E-state index in [2.05, 4.69) is 10.6 Å². The first-order chi connectivity index (χ1) is 16.6. The normalized spacial score (nSPS) is 26.6. The van der Waals surface area contributed by atoms with Crippen LogP contribution in [0.25, 0.3) is 0 Å². The van der Waals surface area contributed by atoms with Crippen LogP contribution in [0.1, 0.15) is 65.5 Å². The average molecular weight is 503 g/mol. The van der Waals surface area contributed by atoms with Crippen molar-refractivity contribution in [1.29, 1.82) is 0 Å². The predicted molar refractivity (Wildman–Crippen MR) is 134 cm³/mol. The number of benzene rings is 2. The summed E-state index contributed by atoms with van der Waals surface area (Å²) in [5.74, 6) is 0. The number of alkyl halides is 2. The van der Waals surface area contributed by atoms with Gasteiger partial charge >= 0.3 is 12.2 Å². The standard InChI is InChI=1S/2C14H18FNO2/c2*1-13(2,3)18-12(17)16-11-9-14(11,15)10-7-5-4-6-8-10/h2*4-8,11H,9H2,1-3H3,(H,16,17). The van der Waals surface area contributed by atoms with Gasteiger partial charge in [-0.2, -0.15) is 0 Å². The van der Waals surface area contributed by atoms with Crippen molar-refractivity contribution >= 4 is 12.2 Å². The minimum Gasteiger partial charge on any atom is -0.444 e. The number of halogens is 2. The van der Waals surface area contributed by atoms with Crippen molar-refractivity contribution in [3.05, 3.63) is 71.8 Å². The maximum absolute atomic E-state index is 14.4. The van der Waals surface area contributed by atoms with Crippen molar-refractivity contribution in [3.8, 4) is 0 Å². The van der Waals surface area contributed by atoms with Crippen LogP contribution in [0.5, 0.6) is 0 Å². The van der Waals surface area contributed by atoms with Crippen LogP contribution < -0.4 is 10.6 Å².